The van der Waals surface area contributed by atoms with Crippen molar-refractivity contribution in [3.63, 3.8) is 0 Å². The molecule has 26 heavy (non-hydrogen) atoms. The molecule has 1 aliphatic heterocycles. The molecule has 3 rings (SSSR count). The summed E-state index contributed by atoms with van der Waals surface area (Å²) in [6, 6.07) is 10.3. The lowest BCUT2D eigenvalue weighted by atomic mass is 9.89. The number of rotatable bonds is 8. The van der Waals surface area contributed by atoms with Crippen molar-refractivity contribution in [1.29, 1.82) is 0 Å². The molecule has 1 amide bonds. The van der Waals surface area contributed by atoms with Crippen molar-refractivity contribution in [2.75, 3.05) is 39.4 Å². The molecule has 5 nitrogen and oxygen atoms in total. The van der Waals surface area contributed by atoms with Gasteiger partial charge in [-0.1, -0.05) is 43.2 Å². The molecule has 1 saturated carbocycles. The van der Waals surface area contributed by atoms with Gasteiger partial charge in [-0.15, -0.1) is 0 Å². The summed E-state index contributed by atoms with van der Waals surface area (Å²) in [6.45, 7) is 5.52. The van der Waals surface area contributed by atoms with E-state index in [9.17, 15) is 4.79 Å². The Morgan fingerprint density at radius 2 is 1.85 bits per heavy atom. The summed E-state index contributed by atoms with van der Waals surface area (Å²) in [5, 5.41) is 0. The van der Waals surface area contributed by atoms with Crippen molar-refractivity contribution >= 4 is 5.91 Å². The molecule has 1 aromatic rings. The number of benzene rings is 1. The maximum absolute atomic E-state index is 13.3. The highest BCUT2D eigenvalue weighted by Gasteiger charge is 2.42. The molecule has 0 radical (unpaired) electrons. The molecule has 0 unspecified atom stereocenters. The number of carbonyl (C=O) groups excluding carboxylic acids is 1. The first kappa shape index (κ1) is 19.3. The van der Waals surface area contributed by atoms with E-state index in [0.717, 1.165) is 52.1 Å². The molecule has 1 heterocycles. The summed E-state index contributed by atoms with van der Waals surface area (Å²) < 4.78 is 5.54. The molecule has 1 aromatic carbocycles. The van der Waals surface area contributed by atoms with E-state index in [1.165, 1.54) is 18.4 Å². The zero-order chi connectivity index (χ0) is 18.2. The number of hydrogen-bond acceptors (Lipinski definition) is 4. The fourth-order valence-corrected chi connectivity index (χ4v) is 4.45. The largest absolute Gasteiger partial charge is 0.379 e. The summed E-state index contributed by atoms with van der Waals surface area (Å²) in [4.78, 5) is 17.8. The molecule has 2 aliphatic rings. The van der Waals surface area contributed by atoms with Gasteiger partial charge in [-0.25, -0.2) is 0 Å². The van der Waals surface area contributed by atoms with Crippen molar-refractivity contribution in [3.8, 4) is 0 Å². The Bertz CT molecular complexity index is 552. The van der Waals surface area contributed by atoms with Gasteiger partial charge in [0.05, 0.1) is 13.2 Å². The summed E-state index contributed by atoms with van der Waals surface area (Å²) in [5.74, 6) is 0.274. The third kappa shape index (κ3) is 4.84. The molecule has 2 fully saturated rings. The van der Waals surface area contributed by atoms with E-state index in [-0.39, 0.29) is 11.4 Å². The average Bonchev–Trinajstić information content (AvgIpc) is 3.16. The minimum Gasteiger partial charge on any atom is -0.379 e. The topological polar surface area (TPSA) is 58.8 Å². The smallest absolute Gasteiger partial charge is 0.224 e. The standard InChI is InChI=1S/C21H33N3O2/c22-11-6-12-23(18-19-7-2-1-3-8-19)20(25)17-21(9-4-5-10-21)24-13-15-26-16-14-24/h1-3,7-8H,4-6,9-18,22H2. The van der Waals surface area contributed by atoms with Crippen molar-refractivity contribution in [3.05, 3.63) is 35.9 Å². The average molecular weight is 360 g/mol. The summed E-state index contributed by atoms with van der Waals surface area (Å²) in [5.41, 5.74) is 6.94. The molecule has 5 heteroatoms. The normalized spacial score (nSPS) is 20.2. The van der Waals surface area contributed by atoms with Crippen LogP contribution in [0.15, 0.2) is 30.3 Å². The van der Waals surface area contributed by atoms with Crippen LogP contribution in [0.3, 0.4) is 0 Å². The van der Waals surface area contributed by atoms with Crippen LogP contribution >= 0.6 is 0 Å². The van der Waals surface area contributed by atoms with Crippen LogP contribution in [0, 0.1) is 0 Å². The highest BCUT2D eigenvalue weighted by Crippen LogP contribution is 2.39. The first-order chi connectivity index (χ1) is 12.7. The third-order valence-corrected chi connectivity index (χ3v) is 5.90. The number of morpholine rings is 1. The summed E-state index contributed by atoms with van der Waals surface area (Å²) in [7, 11) is 0. The van der Waals surface area contributed by atoms with E-state index in [4.69, 9.17) is 10.5 Å². The lowest BCUT2D eigenvalue weighted by molar-refractivity contribution is -0.136. The van der Waals surface area contributed by atoms with Gasteiger partial charge < -0.3 is 15.4 Å². The van der Waals surface area contributed by atoms with Gasteiger partial charge in [0.2, 0.25) is 5.91 Å². The number of ether oxygens (including phenoxy) is 1. The Balaban J connectivity index is 1.70. The monoisotopic (exact) mass is 359 g/mol. The first-order valence-corrected chi connectivity index (χ1v) is 10.1. The lowest BCUT2D eigenvalue weighted by Gasteiger charge is -2.44. The zero-order valence-corrected chi connectivity index (χ0v) is 15.9. The van der Waals surface area contributed by atoms with Crippen molar-refractivity contribution < 1.29 is 9.53 Å². The van der Waals surface area contributed by atoms with Crippen molar-refractivity contribution in [2.24, 2.45) is 5.73 Å². The minimum atomic E-state index is 0.0402. The van der Waals surface area contributed by atoms with E-state index < -0.39 is 0 Å². The molecule has 144 valence electrons. The summed E-state index contributed by atoms with van der Waals surface area (Å²) >= 11 is 0. The first-order valence-electron chi connectivity index (χ1n) is 10.1. The van der Waals surface area contributed by atoms with Gasteiger partial charge in [0.15, 0.2) is 0 Å². The van der Waals surface area contributed by atoms with Gasteiger partial charge in [-0.05, 0) is 31.4 Å². The Morgan fingerprint density at radius 3 is 2.50 bits per heavy atom. The molecule has 0 bridgehead atoms. The molecule has 2 N–H and O–H groups in total. The van der Waals surface area contributed by atoms with Gasteiger partial charge in [0.25, 0.3) is 0 Å². The van der Waals surface area contributed by atoms with Gasteiger partial charge in [0, 0.05) is 38.1 Å². The van der Waals surface area contributed by atoms with Crippen LogP contribution in [0.1, 0.15) is 44.1 Å². The van der Waals surface area contributed by atoms with Crippen LogP contribution in [0.4, 0.5) is 0 Å². The van der Waals surface area contributed by atoms with E-state index in [2.05, 4.69) is 17.0 Å². The Morgan fingerprint density at radius 1 is 1.15 bits per heavy atom. The van der Waals surface area contributed by atoms with Gasteiger partial charge in [-0.3, -0.25) is 9.69 Å². The van der Waals surface area contributed by atoms with Crippen molar-refractivity contribution in [2.45, 2.75) is 50.6 Å². The summed E-state index contributed by atoms with van der Waals surface area (Å²) in [6.07, 6.45) is 6.20. The van der Waals surface area contributed by atoms with Crippen LogP contribution in [0.5, 0.6) is 0 Å². The van der Waals surface area contributed by atoms with Crippen molar-refractivity contribution in [1.82, 2.24) is 9.80 Å². The number of hydrogen-bond donors (Lipinski definition) is 1. The maximum Gasteiger partial charge on any atom is 0.224 e. The Hall–Kier alpha value is -1.43. The number of nitrogens with zero attached hydrogens (tertiary/aromatic N) is 2. The highest BCUT2D eigenvalue weighted by atomic mass is 16.5. The third-order valence-electron chi connectivity index (χ3n) is 5.90. The fraction of sp³-hybridized carbons (Fsp3) is 0.667. The quantitative estimate of drug-likeness (QED) is 0.774. The van der Waals surface area contributed by atoms with E-state index in [0.29, 0.717) is 19.5 Å². The molecule has 0 spiro atoms. The van der Waals surface area contributed by atoms with E-state index in [1.807, 2.05) is 23.1 Å². The highest BCUT2D eigenvalue weighted by molar-refractivity contribution is 5.77. The van der Waals surface area contributed by atoms with Crippen LogP contribution in [0.25, 0.3) is 0 Å². The zero-order valence-electron chi connectivity index (χ0n) is 15.9. The molecule has 1 saturated heterocycles. The van der Waals surface area contributed by atoms with E-state index in [1.54, 1.807) is 0 Å². The maximum atomic E-state index is 13.3. The molecule has 1 aliphatic carbocycles. The van der Waals surface area contributed by atoms with Crippen LogP contribution < -0.4 is 5.73 Å². The molecular formula is C21H33N3O2. The Labute approximate surface area is 157 Å². The lowest BCUT2D eigenvalue weighted by Crippen LogP contribution is -2.54. The number of amides is 1. The number of carbonyl (C=O) groups is 1. The van der Waals surface area contributed by atoms with E-state index >= 15 is 0 Å². The fourth-order valence-electron chi connectivity index (χ4n) is 4.45. The van der Waals surface area contributed by atoms with Crippen LogP contribution in [0.2, 0.25) is 0 Å². The second-order valence-corrected chi connectivity index (χ2v) is 7.65. The number of nitrogens with two attached hydrogens (primary N) is 1. The minimum absolute atomic E-state index is 0.0402. The van der Waals surface area contributed by atoms with Gasteiger partial charge in [-0.2, -0.15) is 0 Å². The predicted molar refractivity (Wildman–Crippen MR) is 104 cm³/mol. The second-order valence-electron chi connectivity index (χ2n) is 7.65. The Kier molecular flexibility index (Phi) is 7.06. The van der Waals surface area contributed by atoms with Crippen LogP contribution in [-0.2, 0) is 16.1 Å². The molecule has 0 aromatic heterocycles. The second kappa shape index (κ2) is 9.49. The molecule has 0 atom stereocenters. The molecular weight excluding hydrogens is 326 g/mol. The predicted octanol–water partition coefficient (Wildman–Crippen LogP) is 2.40. The van der Waals surface area contributed by atoms with Gasteiger partial charge in [0.1, 0.15) is 0 Å². The van der Waals surface area contributed by atoms with Gasteiger partial charge >= 0.3 is 0 Å². The SMILES string of the molecule is NCCCN(Cc1ccccc1)C(=O)CC1(N2CCOCC2)CCCC1. The van der Waals surface area contributed by atoms with Crippen LogP contribution in [-0.4, -0.2) is 60.6 Å².